The van der Waals surface area contributed by atoms with Crippen LogP contribution in [0.3, 0.4) is 0 Å². The Hall–Kier alpha value is -1.63. The quantitative estimate of drug-likeness (QED) is 0.617. The molecule has 0 spiro atoms. The molecule has 0 amide bonds. The van der Waals surface area contributed by atoms with Gasteiger partial charge < -0.3 is 19.8 Å². The van der Waals surface area contributed by atoms with Crippen molar-refractivity contribution in [1.82, 2.24) is 4.98 Å². The van der Waals surface area contributed by atoms with E-state index >= 15 is 0 Å². The number of thiocarbonyl (C=S) groups is 1. The van der Waals surface area contributed by atoms with Crippen molar-refractivity contribution in [3.8, 4) is 0 Å². The minimum atomic E-state index is -0.497. The molecule has 1 heterocycles. The van der Waals surface area contributed by atoms with Crippen molar-refractivity contribution in [2.75, 3.05) is 18.6 Å². The summed E-state index contributed by atoms with van der Waals surface area (Å²) >= 11 is 4.85. The van der Waals surface area contributed by atoms with Crippen LogP contribution in [0, 0.1) is 0 Å². The Morgan fingerprint density at radius 1 is 1.72 bits per heavy atom. The molecule has 1 aromatic heterocycles. The van der Waals surface area contributed by atoms with Crippen LogP contribution in [0.4, 0.5) is 6.01 Å². The highest BCUT2D eigenvalue weighted by Crippen LogP contribution is 2.16. The molecule has 0 fully saturated rings. The van der Waals surface area contributed by atoms with E-state index in [1.807, 2.05) is 6.92 Å². The Morgan fingerprint density at radius 3 is 2.94 bits per heavy atom. The van der Waals surface area contributed by atoms with Crippen LogP contribution in [-0.4, -0.2) is 35.6 Å². The van der Waals surface area contributed by atoms with E-state index in [2.05, 4.69) is 4.98 Å². The molecular weight excluding hydrogens is 254 g/mol. The number of hydrogen-bond acceptors (Lipinski definition) is 6. The maximum absolute atomic E-state index is 11.4. The first-order valence-electron chi connectivity index (χ1n) is 5.59. The normalized spacial score (nSPS) is 11.9. The molecule has 1 aromatic rings. The summed E-state index contributed by atoms with van der Waals surface area (Å²) in [7, 11) is 1.80. The Labute approximate surface area is 111 Å². The van der Waals surface area contributed by atoms with Crippen LogP contribution < -0.4 is 10.6 Å². The predicted octanol–water partition coefficient (Wildman–Crippen LogP) is 1.35. The summed E-state index contributed by atoms with van der Waals surface area (Å²) in [5.74, 6) is -0.497. The average molecular weight is 271 g/mol. The van der Waals surface area contributed by atoms with Crippen LogP contribution in [0.25, 0.3) is 0 Å². The number of rotatable bonds is 6. The number of ether oxygens (including phenoxy) is 1. The van der Waals surface area contributed by atoms with Crippen LogP contribution in [0.15, 0.2) is 10.7 Å². The second kappa shape index (κ2) is 6.34. The fourth-order valence-corrected chi connectivity index (χ4v) is 1.58. The van der Waals surface area contributed by atoms with Crippen molar-refractivity contribution < 1.29 is 13.9 Å². The summed E-state index contributed by atoms with van der Waals surface area (Å²) in [6.07, 6.45) is 1.82. The maximum atomic E-state index is 11.4. The second-order valence-electron chi connectivity index (χ2n) is 3.87. The Kier molecular flexibility index (Phi) is 5.08. The van der Waals surface area contributed by atoms with Crippen molar-refractivity contribution in [1.29, 1.82) is 0 Å². The molecule has 0 aromatic carbocycles. The fourth-order valence-electron chi connectivity index (χ4n) is 1.34. The Balaban J connectivity index is 2.72. The largest absolute Gasteiger partial charge is 0.461 e. The fraction of sp³-hybridized carbons (Fsp3) is 0.545. The minimum Gasteiger partial charge on any atom is -0.461 e. The van der Waals surface area contributed by atoms with E-state index in [1.54, 1.807) is 18.9 Å². The van der Waals surface area contributed by atoms with E-state index in [-0.39, 0.29) is 11.7 Å². The molecule has 18 heavy (non-hydrogen) atoms. The standard InChI is InChI=1S/C11H17N3O3S/c1-4-16-10(15)8-6-17-11(13-8)14(3)7(2)5-9(12)18/h6-7H,4-5H2,1-3H3,(H2,12,18). The number of hydrogen-bond donors (Lipinski definition) is 1. The van der Waals surface area contributed by atoms with Crippen molar-refractivity contribution >= 4 is 29.2 Å². The minimum absolute atomic E-state index is 0.0381. The van der Waals surface area contributed by atoms with E-state index < -0.39 is 5.97 Å². The van der Waals surface area contributed by atoms with Crippen LogP contribution >= 0.6 is 12.2 Å². The topological polar surface area (TPSA) is 81.6 Å². The highest BCUT2D eigenvalue weighted by Gasteiger charge is 2.19. The smallest absolute Gasteiger partial charge is 0.360 e. The zero-order chi connectivity index (χ0) is 13.7. The van der Waals surface area contributed by atoms with Gasteiger partial charge in [-0.25, -0.2) is 4.79 Å². The molecule has 2 N–H and O–H groups in total. The molecule has 0 saturated heterocycles. The van der Waals surface area contributed by atoms with Crippen LogP contribution in [0.2, 0.25) is 0 Å². The average Bonchev–Trinajstić information content (AvgIpc) is 2.76. The van der Waals surface area contributed by atoms with Gasteiger partial charge in [0.1, 0.15) is 6.26 Å². The zero-order valence-corrected chi connectivity index (χ0v) is 11.5. The third kappa shape index (κ3) is 3.69. The van der Waals surface area contributed by atoms with Crippen molar-refractivity contribution in [2.45, 2.75) is 26.3 Å². The third-order valence-corrected chi connectivity index (χ3v) is 2.60. The van der Waals surface area contributed by atoms with Gasteiger partial charge in [-0.15, -0.1) is 0 Å². The van der Waals surface area contributed by atoms with Gasteiger partial charge in [0, 0.05) is 19.5 Å². The lowest BCUT2D eigenvalue weighted by Gasteiger charge is -2.22. The number of anilines is 1. The van der Waals surface area contributed by atoms with Gasteiger partial charge in [0.15, 0.2) is 5.69 Å². The summed E-state index contributed by atoms with van der Waals surface area (Å²) < 4.78 is 10.1. The van der Waals surface area contributed by atoms with Gasteiger partial charge in [0.25, 0.3) is 6.01 Å². The van der Waals surface area contributed by atoms with Gasteiger partial charge in [-0.3, -0.25) is 0 Å². The summed E-state index contributed by atoms with van der Waals surface area (Å²) in [4.78, 5) is 17.7. The number of carbonyl (C=O) groups is 1. The van der Waals surface area contributed by atoms with Gasteiger partial charge >= 0.3 is 5.97 Å². The van der Waals surface area contributed by atoms with Crippen molar-refractivity contribution in [3.05, 3.63) is 12.0 Å². The maximum Gasteiger partial charge on any atom is 0.360 e. The number of oxazole rings is 1. The number of nitrogens with zero attached hydrogens (tertiary/aromatic N) is 2. The monoisotopic (exact) mass is 271 g/mol. The van der Waals surface area contributed by atoms with E-state index in [4.69, 9.17) is 27.1 Å². The Bertz CT molecular complexity index is 433. The molecule has 6 nitrogen and oxygen atoms in total. The van der Waals surface area contributed by atoms with Crippen LogP contribution in [0.5, 0.6) is 0 Å². The summed E-state index contributed by atoms with van der Waals surface area (Å²) in [5.41, 5.74) is 5.64. The molecule has 100 valence electrons. The molecule has 0 bridgehead atoms. The molecule has 0 saturated carbocycles. The molecule has 0 aliphatic heterocycles. The number of nitrogens with two attached hydrogens (primary N) is 1. The van der Waals surface area contributed by atoms with Gasteiger partial charge in [0.2, 0.25) is 0 Å². The Morgan fingerprint density at radius 2 is 2.39 bits per heavy atom. The predicted molar refractivity (Wildman–Crippen MR) is 71.7 cm³/mol. The molecule has 1 rings (SSSR count). The molecule has 0 aliphatic rings. The van der Waals surface area contributed by atoms with Crippen LogP contribution in [0.1, 0.15) is 30.8 Å². The van der Waals surface area contributed by atoms with E-state index in [0.717, 1.165) is 0 Å². The zero-order valence-electron chi connectivity index (χ0n) is 10.7. The third-order valence-electron chi connectivity index (χ3n) is 2.44. The first kappa shape index (κ1) is 14.4. The van der Waals surface area contributed by atoms with Gasteiger partial charge in [0.05, 0.1) is 11.6 Å². The SMILES string of the molecule is CCOC(=O)c1coc(N(C)C(C)CC(N)=S)n1. The molecule has 1 unspecified atom stereocenters. The number of esters is 1. The van der Waals surface area contributed by atoms with Gasteiger partial charge in [-0.05, 0) is 13.8 Å². The molecule has 1 atom stereocenters. The van der Waals surface area contributed by atoms with Crippen molar-refractivity contribution in [3.63, 3.8) is 0 Å². The van der Waals surface area contributed by atoms with Gasteiger partial charge in [-0.1, -0.05) is 12.2 Å². The lowest BCUT2D eigenvalue weighted by molar-refractivity contribution is 0.0519. The molecular formula is C11H17N3O3S. The molecule has 7 heteroatoms. The summed E-state index contributed by atoms with van der Waals surface area (Å²) in [6, 6.07) is 0.373. The molecule has 0 aliphatic carbocycles. The van der Waals surface area contributed by atoms with Crippen molar-refractivity contribution in [2.24, 2.45) is 5.73 Å². The highest BCUT2D eigenvalue weighted by atomic mass is 32.1. The highest BCUT2D eigenvalue weighted by molar-refractivity contribution is 7.80. The first-order valence-corrected chi connectivity index (χ1v) is 6.00. The van der Waals surface area contributed by atoms with Gasteiger partial charge in [-0.2, -0.15) is 4.98 Å². The second-order valence-corrected chi connectivity index (χ2v) is 4.39. The van der Waals surface area contributed by atoms with E-state index in [1.165, 1.54) is 6.26 Å². The van der Waals surface area contributed by atoms with E-state index in [9.17, 15) is 4.79 Å². The number of aromatic nitrogens is 1. The number of carbonyl (C=O) groups excluding carboxylic acids is 1. The summed E-state index contributed by atoms with van der Waals surface area (Å²) in [5, 5.41) is 0. The lowest BCUT2D eigenvalue weighted by atomic mass is 10.2. The van der Waals surface area contributed by atoms with Crippen LogP contribution in [-0.2, 0) is 4.74 Å². The lowest BCUT2D eigenvalue weighted by Crippen LogP contribution is -2.32. The van der Waals surface area contributed by atoms with E-state index in [0.29, 0.717) is 24.0 Å². The molecule has 0 radical (unpaired) electrons. The summed E-state index contributed by atoms with van der Waals surface area (Å²) in [6.45, 7) is 3.97. The first-order chi connectivity index (χ1) is 8.45.